The van der Waals surface area contributed by atoms with Crippen LogP contribution in [0.1, 0.15) is 6.92 Å². The number of halogens is 2. The van der Waals surface area contributed by atoms with E-state index in [1.54, 1.807) is 6.92 Å². The van der Waals surface area contributed by atoms with Crippen LogP contribution in [0.3, 0.4) is 0 Å². The van der Waals surface area contributed by atoms with E-state index in [1.807, 2.05) is 0 Å². The average Bonchev–Trinajstić information content (AvgIpc) is 2.10. The predicted molar refractivity (Wildman–Crippen MR) is 44.9 cm³/mol. The molecule has 13 heavy (non-hydrogen) atoms. The summed E-state index contributed by atoms with van der Waals surface area (Å²) < 4.78 is 30.3. The highest BCUT2D eigenvalue weighted by atomic mass is 19.1. The summed E-state index contributed by atoms with van der Waals surface area (Å²) in [4.78, 5) is 3.60. The molecule has 3 nitrogen and oxygen atoms in total. The molecule has 1 heterocycles. The van der Waals surface area contributed by atoms with Crippen LogP contribution in [0, 0.1) is 11.6 Å². The Kier molecular flexibility index (Phi) is 3.00. The molecule has 1 aromatic heterocycles. The zero-order valence-electron chi connectivity index (χ0n) is 7.40. The van der Waals surface area contributed by atoms with Gasteiger partial charge in [-0.1, -0.05) is 0 Å². The number of hydrogen-bond acceptors (Lipinski definition) is 3. The summed E-state index contributed by atoms with van der Waals surface area (Å²) in [5, 5.41) is 2.64. The van der Waals surface area contributed by atoms with Crippen LogP contribution in [0.4, 0.5) is 14.6 Å². The van der Waals surface area contributed by atoms with E-state index in [0.717, 1.165) is 6.07 Å². The Bertz CT molecular complexity index is 304. The first-order valence-electron chi connectivity index (χ1n) is 3.83. The standard InChI is InChI=1S/C8H10F2N2O/c1-3-11-7-5(9)4-6(10)8(12-7)13-2/h4H,3H2,1-2H3,(H,11,12). The Labute approximate surface area is 74.7 Å². The van der Waals surface area contributed by atoms with E-state index in [-0.39, 0.29) is 11.7 Å². The van der Waals surface area contributed by atoms with Gasteiger partial charge in [0.2, 0.25) is 0 Å². The van der Waals surface area contributed by atoms with Crippen molar-refractivity contribution in [3.8, 4) is 5.88 Å². The lowest BCUT2D eigenvalue weighted by Crippen LogP contribution is -2.04. The molecule has 0 aliphatic rings. The molecule has 0 fully saturated rings. The molecular weight excluding hydrogens is 178 g/mol. The van der Waals surface area contributed by atoms with Gasteiger partial charge in [-0.3, -0.25) is 0 Å². The highest BCUT2D eigenvalue weighted by Gasteiger charge is 2.10. The van der Waals surface area contributed by atoms with Gasteiger partial charge in [-0.05, 0) is 6.92 Å². The van der Waals surface area contributed by atoms with Crippen molar-refractivity contribution in [3.05, 3.63) is 17.7 Å². The molecule has 0 aliphatic heterocycles. The molecule has 0 aliphatic carbocycles. The lowest BCUT2D eigenvalue weighted by atomic mass is 10.4. The minimum atomic E-state index is -0.804. The smallest absolute Gasteiger partial charge is 0.252 e. The van der Waals surface area contributed by atoms with Crippen molar-refractivity contribution in [3.63, 3.8) is 0 Å². The summed E-state index contributed by atoms with van der Waals surface area (Å²) in [6, 6.07) is 0.740. The van der Waals surface area contributed by atoms with E-state index >= 15 is 0 Å². The zero-order chi connectivity index (χ0) is 9.84. The van der Waals surface area contributed by atoms with Gasteiger partial charge in [0, 0.05) is 12.6 Å². The summed E-state index contributed by atoms with van der Waals surface area (Å²) >= 11 is 0. The minimum absolute atomic E-state index is 0.000694. The van der Waals surface area contributed by atoms with E-state index in [2.05, 4.69) is 15.0 Å². The van der Waals surface area contributed by atoms with Crippen LogP contribution in [-0.4, -0.2) is 18.6 Å². The fourth-order valence-electron chi connectivity index (χ4n) is 0.884. The van der Waals surface area contributed by atoms with Crippen molar-refractivity contribution in [2.45, 2.75) is 6.92 Å². The van der Waals surface area contributed by atoms with Gasteiger partial charge in [-0.15, -0.1) is 0 Å². The van der Waals surface area contributed by atoms with Crippen LogP contribution in [0.15, 0.2) is 6.07 Å². The van der Waals surface area contributed by atoms with Gasteiger partial charge in [0.05, 0.1) is 7.11 Å². The number of methoxy groups -OCH3 is 1. The third-order valence-corrected chi connectivity index (χ3v) is 1.43. The number of pyridine rings is 1. The molecule has 0 unspecified atom stereocenters. The van der Waals surface area contributed by atoms with Crippen molar-refractivity contribution in [1.82, 2.24) is 4.98 Å². The molecule has 0 spiro atoms. The van der Waals surface area contributed by atoms with E-state index in [4.69, 9.17) is 0 Å². The highest BCUT2D eigenvalue weighted by Crippen LogP contribution is 2.19. The molecule has 0 atom stereocenters. The normalized spacial score (nSPS) is 9.85. The summed E-state index contributed by atoms with van der Waals surface area (Å²) in [6.07, 6.45) is 0. The number of nitrogens with one attached hydrogen (secondary N) is 1. The number of ether oxygens (including phenoxy) is 1. The highest BCUT2D eigenvalue weighted by molar-refractivity contribution is 5.39. The van der Waals surface area contributed by atoms with E-state index < -0.39 is 11.6 Å². The molecule has 0 amide bonds. The van der Waals surface area contributed by atoms with Gasteiger partial charge < -0.3 is 10.1 Å². The van der Waals surface area contributed by atoms with Crippen molar-refractivity contribution < 1.29 is 13.5 Å². The number of hydrogen-bond donors (Lipinski definition) is 1. The molecule has 5 heteroatoms. The second-order valence-corrected chi connectivity index (χ2v) is 2.34. The molecule has 72 valence electrons. The summed E-state index contributed by atoms with van der Waals surface area (Å²) in [5.41, 5.74) is 0. The monoisotopic (exact) mass is 188 g/mol. The Hall–Kier alpha value is -1.39. The second-order valence-electron chi connectivity index (χ2n) is 2.34. The molecule has 0 aromatic carbocycles. The van der Waals surface area contributed by atoms with E-state index in [9.17, 15) is 8.78 Å². The second kappa shape index (κ2) is 4.02. The zero-order valence-corrected chi connectivity index (χ0v) is 7.40. The molecule has 0 bridgehead atoms. The van der Waals surface area contributed by atoms with Gasteiger partial charge in [0.15, 0.2) is 17.5 Å². The van der Waals surface area contributed by atoms with Gasteiger partial charge in [0.1, 0.15) is 0 Å². The summed E-state index contributed by atoms with van der Waals surface area (Å²) in [5.74, 6) is -1.74. The lowest BCUT2D eigenvalue weighted by Gasteiger charge is -2.06. The van der Waals surface area contributed by atoms with Gasteiger partial charge in [-0.2, -0.15) is 4.98 Å². The van der Waals surface area contributed by atoms with E-state index in [1.165, 1.54) is 7.11 Å². The Morgan fingerprint density at radius 3 is 2.69 bits per heavy atom. The fourth-order valence-corrected chi connectivity index (χ4v) is 0.884. The van der Waals surface area contributed by atoms with Crippen molar-refractivity contribution >= 4 is 5.82 Å². The third kappa shape index (κ3) is 2.05. The van der Waals surface area contributed by atoms with Gasteiger partial charge >= 0.3 is 0 Å². The number of rotatable bonds is 3. The first kappa shape index (κ1) is 9.70. The molecule has 0 saturated carbocycles. The maximum atomic E-state index is 12.9. The van der Waals surface area contributed by atoms with Gasteiger partial charge in [-0.25, -0.2) is 8.78 Å². The fraction of sp³-hybridized carbons (Fsp3) is 0.375. The van der Waals surface area contributed by atoms with Crippen LogP contribution in [0.5, 0.6) is 5.88 Å². The molecule has 1 aromatic rings. The van der Waals surface area contributed by atoms with Crippen LogP contribution < -0.4 is 10.1 Å². The quantitative estimate of drug-likeness (QED) is 0.785. The van der Waals surface area contributed by atoms with Crippen LogP contribution in [-0.2, 0) is 0 Å². The van der Waals surface area contributed by atoms with E-state index in [0.29, 0.717) is 6.54 Å². The maximum Gasteiger partial charge on any atom is 0.252 e. The molecule has 1 N–H and O–H groups in total. The molecule has 1 rings (SSSR count). The van der Waals surface area contributed by atoms with Crippen LogP contribution >= 0.6 is 0 Å². The lowest BCUT2D eigenvalue weighted by molar-refractivity contribution is 0.366. The average molecular weight is 188 g/mol. The summed E-state index contributed by atoms with van der Waals surface area (Å²) in [6.45, 7) is 2.30. The Morgan fingerprint density at radius 1 is 1.46 bits per heavy atom. The SMILES string of the molecule is CCNc1nc(OC)c(F)cc1F. The topological polar surface area (TPSA) is 34.2 Å². The Balaban J connectivity index is 3.06. The maximum absolute atomic E-state index is 12.9. The third-order valence-electron chi connectivity index (χ3n) is 1.43. The Morgan fingerprint density at radius 2 is 2.15 bits per heavy atom. The largest absolute Gasteiger partial charge is 0.479 e. The first-order chi connectivity index (χ1) is 6.19. The van der Waals surface area contributed by atoms with Crippen molar-refractivity contribution in [1.29, 1.82) is 0 Å². The van der Waals surface area contributed by atoms with Crippen molar-refractivity contribution in [2.75, 3.05) is 19.0 Å². The van der Waals surface area contributed by atoms with Crippen molar-refractivity contribution in [2.24, 2.45) is 0 Å². The van der Waals surface area contributed by atoms with Crippen LogP contribution in [0.25, 0.3) is 0 Å². The van der Waals surface area contributed by atoms with Gasteiger partial charge in [0.25, 0.3) is 5.88 Å². The number of nitrogens with zero attached hydrogens (tertiary/aromatic N) is 1. The minimum Gasteiger partial charge on any atom is -0.479 e. The van der Waals surface area contributed by atoms with Crippen LogP contribution in [0.2, 0.25) is 0 Å². The number of aromatic nitrogens is 1. The predicted octanol–water partition coefficient (Wildman–Crippen LogP) is 1.80. The molecule has 0 radical (unpaired) electrons. The molecule has 0 saturated heterocycles. The summed E-state index contributed by atoms with van der Waals surface area (Å²) in [7, 11) is 1.28. The number of anilines is 1. The first-order valence-corrected chi connectivity index (χ1v) is 3.83. The molecular formula is C8H10F2N2O.